The van der Waals surface area contributed by atoms with Gasteiger partial charge in [-0.25, -0.2) is 0 Å². The lowest BCUT2D eigenvalue weighted by Crippen LogP contribution is -2.47. The van der Waals surface area contributed by atoms with Crippen LogP contribution >= 0.6 is 11.6 Å². The molecule has 1 saturated heterocycles. The molecule has 23 heavy (non-hydrogen) atoms. The fourth-order valence-corrected chi connectivity index (χ4v) is 3.57. The maximum absolute atomic E-state index is 6.48. The number of aromatic nitrogens is 2. The number of rotatable bonds is 8. The van der Waals surface area contributed by atoms with Gasteiger partial charge in [-0.3, -0.25) is 9.58 Å². The molecule has 1 aromatic rings. The number of hydrogen-bond donors (Lipinski definition) is 1. The van der Waals surface area contributed by atoms with E-state index in [2.05, 4.69) is 22.2 Å². The smallest absolute Gasteiger partial charge is 0.131 e. The van der Waals surface area contributed by atoms with Crippen LogP contribution in [0.1, 0.15) is 43.9 Å². The number of halogens is 1. The molecule has 6 heteroatoms. The molecule has 1 saturated carbocycles. The standard InChI is InChI=1S/C17H29ClN4O/c1-3-4-7-22-17(18)16(13(2)20-22)11-19-10-15-12-21(8-9-23-15)14-5-6-14/h14-15,19H,3-12H2,1-2H3. The van der Waals surface area contributed by atoms with Gasteiger partial charge in [0, 0.05) is 44.3 Å². The summed E-state index contributed by atoms with van der Waals surface area (Å²) >= 11 is 6.48. The van der Waals surface area contributed by atoms with Gasteiger partial charge in [0.1, 0.15) is 5.15 Å². The molecular weight excluding hydrogens is 312 g/mol. The van der Waals surface area contributed by atoms with Crippen molar-refractivity contribution >= 4 is 11.6 Å². The summed E-state index contributed by atoms with van der Waals surface area (Å²) in [7, 11) is 0. The van der Waals surface area contributed by atoms with Crippen LogP contribution in [-0.4, -0.2) is 53.1 Å². The Hall–Kier alpha value is -0.620. The molecular formula is C17H29ClN4O. The predicted octanol–water partition coefficient (Wildman–Crippen LogP) is 2.60. The monoisotopic (exact) mass is 340 g/mol. The minimum absolute atomic E-state index is 0.290. The van der Waals surface area contributed by atoms with Crippen LogP contribution < -0.4 is 5.32 Å². The van der Waals surface area contributed by atoms with Crippen LogP contribution in [0.25, 0.3) is 0 Å². The number of nitrogens with zero attached hydrogens (tertiary/aromatic N) is 3. The quantitative estimate of drug-likeness (QED) is 0.790. The first-order chi connectivity index (χ1) is 11.2. The molecule has 0 spiro atoms. The fourth-order valence-electron chi connectivity index (χ4n) is 3.24. The van der Waals surface area contributed by atoms with E-state index >= 15 is 0 Å². The van der Waals surface area contributed by atoms with Crippen molar-refractivity contribution in [1.29, 1.82) is 0 Å². The highest BCUT2D eigenvalue weighted by Gasteiger charge is 2.32. The SMILES string of the molecule is CCCCn1nc(C)c(CNCC2CN(C3CC3)CCO2)c1Cl. The van der Waals surface area contributed by atoms with Gasteiger partial charge >= 0.3 is 0 Å². The highest BCUT2D eigenvalue weighted by molar-refractivity contribution is 6.30. The molecule has 5 nitrogen and oxygen atoms in total. The Kier molecular flexibility index (Phi) is 5.96. The third-order valence-corrected chi connectivity index (χ3v) is 5.24. The predicted molar refractivity (Wildman–Crippen MR) is 92.9 cm³/mol. The summed E-state index contributed by atoms with van der Waals surface area (Å²) in [6.07, 6.45) is 5.29. The Labute approximate surface area is 144 Å². The average Bonchev–Trinajstić information content (AvgIpc) is 3.36. The van der Waals surface area contributed by atoms with Crippen LogP contribution in [0.15, 0.2) is 0 Å². The number of hydrogen-bond acceptors (Lipinski definition) is 4. The van der Waals surface area contributed by atoms with E-state index in [4.69, 9.17) is 16.3 Å². The number of ether oxygens (including phenoxy) is 1. The molecule has 2 heterocycles. The lowest BCUT2D eigenvalue weighted by molar-refractivity contribution is -0.0301. The number of aryl methyl sites for hydroxylation is 2. The van der Waals surface area contributed by atoms with Crippen LogP contribution in [0, 0.1) is 6.92 Å². The third-order valence-electron chi connectivity index (χ3n) is 4.81. The Balaban J connectivity index is 1.47. The van der Waals surface area contributed by atoms with Crippen molar-refractivity contribution in [3.8, 4) is 0 Å². The molecule has 2 aliphatic rings. The van der Waals surface area contributed by atoms with Gasteiger partial charge in [0.25, 0.3) is 0 Å². The van der Waals surface area contributed by atoms with Crippen LogP contribution in [0.5, 0.6) is 0 Å². The van der Waals surface area contributed by atoms with Gasteiger partial charge in [-0.2, -0.15) is 5.10 Å². The summed E-state index contributed by atoms with van der Waals surface area (Å²) in [5.74, 6) is 0. The second-order valence-corrected chi connectivity index (χ2v) is 7.14. The molecule has 1 atom stereocenters. The first-order valence-electron chi connectivity index (χ1n) is 8.97. The van der Waals surface area contributed by atoms with Crippen LogP contribution in [0.4, 0.5) is 0 Å². The molecule has 0 amide bonds. The lowest BCUT2D eigenvalue weighted by Gasteiger charge is -2.33. The molecule has 0 bridgehead atoms. The van der Waals surface area contributed by atoms with E-state index in [-0.39, 0.29) is 0 Å². The van der Waals surface area contributed by atoms with Crippen molar-refractivity contribution in [2.24, 2.45) is 0 Å². The summed E-state index contributed by atoms with van der Waals surface area (Å²) in [6, 6.07) is 0.829. The van der Waals surface area contributed by atoms with Gasteiger partial charge in [0.15, 0.2) is 0 Å². The largest absolute Gasteiger partial charge is 0.374 e. The zero-order valence-corrected chi connectivity index (χ0v) is 15.1. The first kappa shape index (κ1) is 17.2. The van der Waals surface area contributed by atoms with E-state index in [1.54, 1.807) is 0 Å². The van der Waals surface area contributed by atoms with Crippen molar-refractivity contribution in [3.05, 3.63) is 16.4 Å². The van der Waals surface area contributed by atoms with Crippen molar-refractivity contribution in [1.82, 2.24) is 20.0 Å². The summed E-state index contributed by atoms with van der Waals surface area (Å²) in [6.45, 7) is 9.77. The van der Waals surface area contributed by atoms with Crippen molar-refractivity contribution < 1.29 is 4.74 Å². The van der Waals surface area contributed by atoms with Crippen molar-refractivity contribution in [3.63, 3.8) is 0 Å². The minimum Gasteiger partial charge on any atom is -0.374 e. The van der Waals surface area contributed by atoms with Gasteiger partial charge < -0.3 is 10.1 Å². The molecule has 3 rings (SSSR count). The molecule has 0 radical (unpaired) electrons. The molecule has 1 aliphatic heterocycles. The molecule has 1 N–H and O–H groups in total. The highest BCUT2D eigenvalue weighted by atomic mass is 35.5. The summed E-state index contributed by atoms with van der Waals surface area (Å²) in [5, 5.41) is 8.86. The fraction of sp³-hybridized carbons (Fsp3) is 0.824. The Morgan fingerprint density at radius 2 is 2.22 bits per heavy atom. The summed E-state index contributed by atoms with van der Waals surface area (Å²) in [5.41, 5.74) is 2.15. The first-order valence-corrected chi connectivity index (χ1v) is 9.35. The van der Waals surface area contributed by atoms with Gasteiger partial charge in [-0.05, 0) is 26.2 Å². The second-order valence-electron chi connectivity index (χ2n) is 6.78. The van der Waals surface area contributed by atoms with Gasteiger partial charge in [-0.15, -0.1) is 0 Å². The number of nitrogens with one attached hydrogen (secondary N) is 1. The zero-order chi connectivity index (χ0) is 16.2. The van der Waals surface area contributed by atoms with E-state index in [9.17, 15) is 0 Å². The normalized spacial score (nSPS) is 22.7. The second kappa shape index (κ2) is 7.97. The van der Waals surface area contributed by atoms with Crippen molar-refractivity contribution in [2.45, 2.75) is 64.8 Å². The van der Waals surface area contributed by atoms with Gasteiger partial charge in [0.2, 0.25) is 0 Å². The Morgan fingerprint density at radius 3 is 2.96 bits per heavy atom. The number of morpholine rings is 1. The molecule has 1 unspecified atom stereocenters. The number of unbranched alkanes of at least 4 members (excludes halogenated alkanes) is 1. The zero-order valence-electron chi connectivity index (χ0n) is 14.4. The third kappa shape index (κ3) is 4.47. The van der Waals surface area contributed by atoms with Crippen molar-refractivity contribution in [2.75, 3.05) is 26.2 Å². The minimum atomic E-state index is 0.290. The molecule has 0 aromatic carbocycles. The summed E-state index contributed by atoms with van der Waals surface area (Å²) < 4.78 is 7.82. The van der Waals surface area contributed by atoms with E-state index in [0.29, 0.717) is 6.10 Å². The molecule has 130 valence electrons. The highest BCUT2D eigenvalue weighted by Crippen LogP contribution is 2.28. The Morgan fingerprint density at radius 1 is 1.39 bits per heavy atom. The molecule has 2 fully saturated rings. The maximum atomic E-state index is 6.48. The van der Waals surface area contributed by atoms with E-state index < -0.39 is 0 Å². The Bertz CT molecular complexity index is 515. The van der Waals surface area contributed by atoms with E-state index in [0.717, 1.165) is 74.6 Å². The van der Waals surface area contributed by atoms with E-state index in [1.807, 2.05) is 11.6 Å². The topological polar surface area (TPSA) is 42.3 Å². The lowest BCUT2D eigenvalue weighted by atomic mass is 10.2. The summed E-state index contributed by atoms with van der Waals surface area (Å²) in [4.78, 5) is 2.58. The molecule has 1 aliphatic carbocycles. The van der Waals surface area contributed by atoms with Gasteiger partial charge in [-0.1, -0.05) is 24.9 Å². The molecule has 1 aromatic heterocycles. The van der Waals surface area contributed by atoms with Crippen LogP contribution in [-0.2, 0) is 17.8 Å². The van der Waals surface area contributed by atoms with Crippen LogP contribution in [0.2, 0.25) is 5.15 Å². The average molecular weight is 341 g/mol. The van der Waals surface area contributed by atoms with Crippen LogP contribution in [0.3, 0.4) is 0 Å². The maximum Gasteiger partial charge on any atom is 0.131 e. The van der Waals surface area contributed by atoms with E-state index in [1.165, 1.54) is 12.8 Å². The van der Waals surface area contributed by atoms with Gasteiger partial charge in [0.05, 0.1) is 18.4 Å².